The van der Waals surface area contributed by atoms with Crippen LogP contribution in [-0.2, 0) is 11.3 Å². The molecule has 1 unspecified atom stereocenters. The van der Waals surface area contributed by atoms with E-state index < -0.39 is 35.6 Å². The minimum Gasteiger partial charge on any atom is -0.479 e. The summed E-state index contributed by atoms with van der Waals surface area (Å²) in [5.41, 5.74) is -1.30. The van der Waals surface area contributed by atoms with Crippen LogP contribution in [0.2, 0.25) is 0 Å². The number of nitrogens with one attached hydrogen (secondary N) is 1. The first-order chi connectivity index (χ1) is 16.2. The lowest BCUT2D eigenvalue weighted by atomic mass is 10.1. The Morgan fingerprint density at radius 1 is 1.21 bits per heavy atom. The lowest BCUT2D eigenvalue weighted by Crippen LogP contribution is -2.42. The number of anilines is 1. The Morgan fingerprint density at radius 2 is 2.00 bits per heavy atom. The summed E-state index contributed by atoms with van der Waals surface area (Å²) < 4.78 is 48.3. The molecular weight excluding hydrogens is 457 g/mol. The summed E-state index contributed by atoms with van der Waals surface area (Å²) in [5, 5.41) is 29.5. The second kappa shape index (κ2) is 8.94. The topological polar surface area (TPSA) is 139 Å². The van der Waals surface area contributed by atoms with E-state index in [2.05, 4.69) is 25.5 Å². The number of carbonyl (C=O) groups is 1. The highest BCUT2D eigenvalue weighted by atomic mass is 19.2. The van der Waals surface area contributed by atoms with Crippen LogP contribution >= 0.6 is 0 Å². The van der Waals surface area contributed by atoms with Crippen LogP contribution in [-0.4, -0.2) is 53.2 Å². The molecule has 0 saturated heterocycles. The van der Waals surface area contributed by atoms with Crippen LogP contribution in [0.25, 0.3) is 22.9 Å². The summed E-state index contributed by atoms with van der Waals surface area (Å²) in [7, 11) is 0. The van der Waals surface area contributed by atoms with Gasteiger partial charge in [-0.15, -0.1) is 0 Å². The molecule has 1 aromatic carbocycles. The van der Waals surface area contributed by atoms with E-state index in [1.807, 2.05) is 0 Å². The summed E-state index contributed by atoms with van der Waals surface area (Å²) in [6.07, 6.45) is 2.17. The average Bonchev–Trinajstić information content (AvgIpc) is 3.46. The first kappa shape index (κ1) is 22.9. The molecule has 0 radical (unpaired) electrons. The number of halogens is 3. The van der Waals surface area contributed by atoms with E-state index in [4.69, 9.17) is 9.63 Å². The number of rotatable bonds is 8. The van der Waals surface area contributed by atoms with Crippen molar-refractivity contribution in [2.75, 3.05) is 11.9 Å². The molecule has 1 atom stereocenters. The van der Waals surface area contributed by atoms with E-state index in [-0.39, 0.29) is 29.4 Å². The molecule has 0 saturated carbocycles. The van der Waals surface area contributed by atoms with Crippen molar-refractivity contribution in [3.63, 3.8) is 0 Å². The highest BCUT2D eigenvalue weighted by molar-refractivity contribution is 5.77. The van der Waals surface area contributed by atoms with E-state index >= 15 is 0 Å². The number of carboxylic acid groups (broad SMARTS) is 1. The van der Waals surface area contributed by atoms with Crippen molar-refractivity contribution in [3.8, 4) is 22.9 Å². The van der Waals surface area contributed by atoms with Gasteiger partial charge in [0.2, 0.25) is 0 Å². The molecule has 0 aliphatic rings. The smallest absolute Gasteiger partial charge is 0.337 e. The summed E-state index contributed by atoms with van der Waals surface area (Å²) in [5.74, 6) is -4.84. The van der Waals surface area contributed by atoms with Gasteiger partial charge in [-0.25, -0.2) is 27.9 Å². The highest BCUT2D eigenvalue weighted by Gasteiger charge is 2.30. The normalized spacial score (nSPS) is 13.0. The maximum Gasteiger partial charge on any atom is 0.337 e. The molecule has 10 nitrogen and oxygen atoms in total. The molecule has 3 N–H and O–H groups in total. The van der Waals surface area contributed by atoms with Gasteiger partial charge >= 0.3 is 5.97 Å². The minimum absolute atomic E-state index is 0.0256. The maximum absolute atomic E-state index is 14.2. The van der Waals surface area contributed by atoms with E-state index in [0.717, 1.165) is 19.2 Å². The molecule has 3 heterocycles. The molecule has 13 heteroatoms. The molecule has 0 spiro atoms. The third-order valence-electron chi connectivity index (χ3n) is 4.87. The van der Waals surface area contributed by atoms with Crippen molar-refractivity contribution < 1.29 is 32.7 Å². The van der Waals surface area contributed by atoms with Crippen LogP contribution in [0.1, 0.15) is 12.5 Å². The largest absolute Gasteiger partial charge is 0.479 e. The van der Waals surface area contributed by atoms with Crippen molar-refractivity contribution in [1.82, 2.24) is 24.9 Å². The molecule has 0 fully saturated rings. The van der Waals surface area contributed by atoms with Crippen molar-refractivity contribution in [2.45, 2.75) is 19.1 Å². The summed E-state index contributed by atoms with van der Waals surface area (Å²) in [6.45, 7) is 0.340. The van der Waals surface area contributed by atoms with E-state index in [1.165, 1.54) is 35.2 Å². The zero-order valence-electron chi connectivity index (χ0n) is 17.5. The predicted octanol–water partition coefficient (Wildman–Crippen LogP) is 2.71. The Morgan fingerprint density at radius 3 is 2.71 bits per heavy atom. The monoisotopic (exact) mass is 474 g/mol. The Hall–Kier alpha value is -4.26. The number of aliphatic hydroxyl groups is 1. The van der Waals surface area contributed by atoms with Crippen LogP contribution in [0.5, 0.6) is 0 Å². The third kappa shape index (κ3) is 4.59. The van der Waals surface area contributed by atoms with Crippen molar-refractivity contribution >= 4 is 11.8 Å². The zero-order chi connectivity index (χ0) is 24.5. The standard InChI is InChI=1S/C21H17F3N6O4/c1-21(33,20(31)32)10-26-18-13(23)8-25-19(27-18)15-7-16(14-5-6-34-29-14)30(28-15)9-11-3-2-4-12(22)17(11)24/h2-8,33H,9-10H2,1H3,(H,31,32)(H,25,26,27). The molecule has 176 valence electrons. The molecule has 0 bridgehead atoms. The summed E-state index contributed by atoms with van der Waals surface area (Å²) >= 11 is 0. The van der Waals surface area contributed by atoms with Gasteiger partial charge in [0.25, 0.3) is 0 Å². The van der Waals surface area contributed by atoms with Gasteiger partial charge in [-0.2, -0.15) is 5.10 Å². The van der Waals surface area contributed by atoms with Gasteiger partial charge in [-0.05, 0) is 19.1 Å². The molecule has 4 rings (SSSR count). The molecule has 4 aromatic rings. The lowest BCUT2D eigenvalue weighted by Gasteiger charge is -2.18. The number of hydrogen-bond donors (Lipinski definition) is 3. The molecule has 34 heavy (non-hydrogen) atoms. The molecule has 0 amide bonds. The first-order valence-corrected chi connectivity index (χ1v) is 9.80. The molecule has 0 aliphatic heterocycles. The van der Waals surface area contributed by atoms with Gasteiger partial charge in [0, 0.05) is 11.6 Å². The van der Waals surface area contributed by atoms with Crippen LogP contribution in [0.15, 0.2) is 47.3 Å². The van der Waals surface area contributed by atoms with Crippen LogP contribution in [0.4, 0.5) is 19.0 Å². The lowest BCUT2D eigenvalue weighted by molar-refractivity contribution is -0.155. The Balaban J connectivity index is 1.70. The SMILES string of the molecule is CC(O)(CNc1nc(-c2cc(-c3ccon3)n(Cc3cccc(F)c3F)n2)ncc1F)C(=O)O. The van der Waals surface area contributed by atoms with Crippen LogP contribution < -0.4 is 5.32 Å². The minimum atomic E-state index is -2.17. The van der Waals surface area contributed by atoms with Gasteiger partial charge in [0.05, 0.1) is 25.0 Å². The summed E-state index contributed by atoms with van der Waals surface area (Å²) in [4.78, 5) is 19.0. The highest BCUT2D eigenvalue weighted by Crippen LogP contribution is 2.26. The average molecular weight is 474 g/mol. The molecule has 0 aliphatic carbocycles. The van der Waals surface area contributed by atoms with Crippen LogP contribution in [0.3, 0.4) is 0 Å². The van der Waals surface area contributed by atoms with Gasteiger partial charge < -0.3 is 20.1 Å². The number of nitrogens with zero attached hydrogens (tertiary/aromatic N) is 5. The van der Waals surface area contributed by atoms with Gasteiger partial charge in [0.15, 0.2) is 34.7 Å². The zero-order valence-corrected chi connectivity index (χ0v) is 17.5. The van der Waals surface area contributed by atoms with Crippen molar-refractivity contribution in [3.05, 3.63) is 65.8 Å². The van der Waals surface area contributed by atoms with Crippen molar-refractivity contribution in [1.29, 1.82) is 0 Å². The van der Waals surface area contributed by atoms with E-state index in [1.54, 1.807) is 0 Å². The fourth-order valence-electron chi connectivity index (χ4n) is 2.98. The number of aliphatic carboxylic acids is 1. The third-order valence-corrected chi connectivity index (χ3v) is 4.87. The fraction of sp³-hybridized carbons (Fsp3) is 0.190. The first-order valence-electron chi connectivity index (χ1n) is 9.80. The van der Waals surface area contributed by atoms with Gasteiger partial charge in [0.1, 0.15) is 17.7 Å². The maximum atomic E-state index is 14.2. The second-order valence-corrected chi connectivity index (χ2v) is 7.49. The predicted molar refractivity (Wildman–Crippen MR) is 111 cm³/mol. The molecule has 3 aromatic heterocycles. The number of benzene rings is 1. The second-order valence-electron chi connectivity index (χ2n) is 7.49. The Bertz CT molecular complexity index is 1340. The Kier molecular flexibility index (Phi) is 6.03. The quantitative estimate of drug-likeness (QED) is 0.352. The van der Waals surface area contributed by atoms with E-state index in [9.17, 15) is 23.1 Å². The van der Waals surface area contributed by atoms with Crippen molar-refractivity contribution in [2.24, 2.45) is 0 Å². The van der Waals surface area contributed by atoms with Gasteiger partial charge in [-0.3, -0.25) is 4.68 Å². The molecular formula is C21H17F3N6O4. The van der Waals surface area contributed by atoms with Crippen LogP contribution in [0, 0.1) is 17.5 Å². The summed E-state index contributed by atoms with van der Waals surface area (Å²) in [6, 6.07) is 6.79. The van der Waals surface area contributed by atoms with Gasteiger partial charge in [-0.1, -0.05) is 17.3 Å². The fourth-order valence-corrected chi connectivity index (χ4v) is 2.98. The van der Waals surface area contributed by atoms with E-state index in [0.29, 0.717) is 11.4 Å². The Labute approximate surface area is 189 Å². The number of hydrogen-bond acceptors (Lipinski definition) is 8. The number of aromatic nitrogens is 5. The number of carboxylic acids is 1.